The van der Waals surface area contributed by atoms with Crippen LogP contribution >= 0.6 is 0 Å². The van der Waals surface area contributed by atoms with Gasteiger partial charge in [0.15, 0.2) is 0 Å². The van der Waals surface area contributed by atoms with Crippen LogP contribution in [-0.4, -0.2) is 259 Å². The largest absolute Gasteiger partial charge is 0.481 e. The standard InChI is InChI=1S/C48H80N8O36Si8/c57-33(1-9-41(65)66)49-17-25-93-81-94(26-18-50-34(58)2-10-42(67)68)84-97(29-21-53-37(61)5-13-45(73)74)86-95(82-93,27-19-51-35(59)3-11-43(69)70)88-99(31-23-55-39(63)7-15-47(77)78)89-96(83-93,28-20-52-36(60)4-12-44(71)72)87-98(85-94,30-22-54-38(62)6-14-46(75)76)91-100(90-97,92-99)32-24-56-40(64)8-16-48(79)80/h1-32H2,(H,49,57)(H,50,58)(H,51,59)(H,52,60)(H,53,61)(H,54,62)(H,55,63)(H,56,64)(H,65,66)(H,67,68)(H,69,70)(H,71,72)(H,73,74)(H,75,76)(H,77,78)(H,79,80). The Kier molecular flexibility index (Phi) is 31.8. The summed E-state index contributed by atoms with van der Waals surface area (Å²) in [7, 11) is -44.0. The third-order valence-corrected chi connectivity index (χ3v) is 51.0. The first kappa shape index (κ1) is 83.4. The van der Waals surface area contributed by atoms with Crippen LogP contribution in [0.2, 0.25) is 48.4 Å². The zero-order valence-electron chi connectivity index (χ0n) is 53.6. The topological polar surface area (TPSA) is 642 Å². The summed E-state index contributed by atoms with van der Waals surface area (Å²) in [6.07, 6.45) is -10.5. The van der Waals surface area contributed by atoms with E-state index in [0.29, 0.717) is 0 Å². The smallest absolute Gasteiger partial charge is 0.480 e. The van der Waals surface area contributed by atoms with Gasteiger partial charge in [0, 0.05) is 152 Å². The van der Waals surface area contributed by atoms with Gasteiger partial charge in [-0.15, -0.1) is 0 Å². The Hall–Kier alpha value is -7.22. The SMILES string of the molecule is O=C(O)CCC(=O)NCC[Si]12O[Si]3(CCNC(=O)CCC(=O)O)O[Si]4(CCNC(=O)CCC(=O)O)O[Si](CCNC(=O)CCC(=O)O)(O1)O[Si]1(CCNC(=O)CCC(=O)O)O[Si](CCNC(=O)CCC(=O)O)(O2)O[Si](CCNC(=O)CCC(=O)O)(O3)O[Si](CCNC(=O)CCC(=O)O)(O4)O1. The molecule has 0 unspecified atom stereocenters. The summed E-state index contributed by atoms with van der Waals surface area (Å²) in [5.74, 6) is -18.1. The van der Waals surface area contributed by atoms with Gasteiger partial charge in [-0.25, -0.2) is 0 Å². The van der Waals surface area contributed by atoms with Gasteiger partial charge >= 0.3 is 118 Å². The molecule has 8 bridgehead atoms. The van der Waals surface area contributed by atoms with E-state index in [-0.39, 0.29) is 0 Å². The zero-order chi connectivity index (χ0) is 74.0. The minimum absolute atomic E-state index is 0.621. The van der Waals surface area contributed by atoms with E-state index in [0.717, 1.165) is 0 Å². The summed E-state index contributed by atoms with van der Waals surface area (Å²) in [6, 6.07) is -5.92. The quantitative estimate of drug-likeness (QED) is 0.0256. The molecule has 560 valence electrons. The van der Waals surface area contributed by atoms with Crippen LogP contribution in [-0.2, 0) is 126 Å². The average molecular weight is 1570 g/mol. The number of nitrogens with one attached hydrogen (secondary N) is 8. The minimum atomic E-state index is -5.50. The maximum atomic E-state index is 13.5. The van der Waals surface area contributed by atoms with Crippen molar-refractivity contribution in [1.82, 2.24) is 42.5 Å². The number of hydrogen-bond donors (Lipinski definition) is 16. The Morgan fingerprint density at radius 3 is 0.340 bits per heavy atom. The lowest BCUT2D eigenvalue weighted by Gasteiger charge is -2.63. The first-order chi connectivity index (χ1) is 47.0. The lowest BCUT2D eigenvalue weighted by Crippen LogP contribution is -2.89. The molecule has 6 aliphatic heterocycles. The van der Waals surface area contributed by atoms with Crippen molar-refractivity contribution in [2.24, 2.45) is 0 Å². The van der Waals surface area contributed by atoms with Gasteiger partial charge in [-0.3, -0.25) is 76.7 Å². The number of rotatable bonds is 48. The fraction of sp³-hybridized carbons (Fsp3) is 0.667. The van der Waals surface area contributed by atoms with E-state index in [4.69, 9.17) is 49.4 Å². The highest BCUT2D eigenvalue weighted by atomic mass is 28.6. The van der Waals surface area contributed by atoms with Gasteiger partial charge in [0.25, 0.3) is 0 Å². The zero-order valence-corrected chi connectivity index (χ0v) is 61.6. The highest BCUT2D eigenvalue weighted by Crippen LogP contribution is 2.53. The molecule has 44 nitrogen and oxygen atoms in total. The normalized spacial score (nSPS) is 26.1. The van der Waals surface area contributed by atoms with Crippen LogP contribution in [0.25, 0.3) is 0 Å². The first-order valence-corrected chi connectivity index (χ1v) is 46.7. The molecule has 6 rings (SSSR count). The monoisotopic (exact) mass is 1570 g/mol. The fourth-order valence-electron chi connectivity index (χ4n) is 9.88. The molecular weight excluding hydrogens is 1490 g/mol. The van der Waals surface area contributed by atoms with Crippen molar-refractivity contribution in [3.63, 3.8) is 0 Å². The second-order valence-electron chi connectivity index (χ2n) is 22.6. The van der Waals surface area contributed by atoms with Crippen molar-refractivity contribution in [3.8, 4) is 0 Å². The first-order valence-electron chi connectivity index (χ1n) is 31.3. The highest BCUT2D eigenvalue weighted by Gasteiger charge is 2.83. The van der Waals surface area contributed by atoms with Gasteiger partial charge in [0.2, 0.25) is 47.3 Å². The highest BCUT2D eigenvalue weighted by molar-refractivity contribution is 7.03. The number of aliphatic carboxylic acids is 8. The molecule has 6 saturated heterocycles. The van der Waals surface area contributed by atoms with E-state index < -0.39 is 369 Å². The van der Waals surface area contributed by atoms with Gasteiger partial charge in [0.1, 0.15) is 0 Å². The Morgan fingerprint density at radius 2 is 0.260 bits per heavy atom. The minimum Gasteiger partial charge on any atom is -0.481 e. The Balaban J connectivity index is 1.98. The number of carboxylic acid groups (broad SMARTS) is 8. The Labute approximate surface area is 576 Å². The molecule has 0 aromatic heterocycles. The van der Waals surface area contributed by atoms with Crippen LogP contribution < -0.4 is 42.5 Å². The van der Waals surface area contributed by atoms with E-state index >= 15 is 0 Å². The molecule has 0 aromatic rings. The predicted octanol–water partition coefficient (Wildman–Crippen LogP) is -4.39. The van der Waals surface area contributed by atoms with Crippen LogP contribution in [0.15, 0.2) is 0 Å². The van der Waals surface area contributed by atoms with E-state index in [9.17, 15) is 118 Å². The number of carbonyl (C=O) groups is 16. The van der Waals surface area contributed by atoms with Gasteiger partial charge < -0.3 is 133 Å². The summed E-state index contributed by atoms with van der Waals surface area (Å²) in [6.45, 7) is -5.06. The number of amides is 8. The van der Waals surface area contributed by atoms with Crippen LogP contribution in [0, 0.1) is 0 Å². The maximum Gasteiger partial charge on any atom is 0.480 e. The van der Waals surface area contributed by atoms with Crippen molar-refractivity contribution >= 4 is 165 Å². The lowest BCUT2D eigenvalue weighted by molar-refractivity contribution is -0.139. The van der Waals surface area contributed by atoms with Gasteiger partial charge in [-0.2, -0.15) is 0 Å². The second kappa shape index (κ2) is 38.2. The third kappa shape index (κ3) is 28.3. The molecule has 100 heavy (non-hydrogen) atoms. The molecule has 6 fully saturated rings. The van der Waals surface area contributed by atoms with E-state index in [1.807, 2.05) is 0 Å². The van der Waals surface area contributed by atoms with Crippen molar-refractivity contribution in [3.05, 3.63) is 0 Å². The number of carbonyl (C=O) groups excluding carboxylic acids is 8. The summed E-state index contributed by atoms with van der Waals surface area (Å²) in [4.78, 5) is 201. The predicted molar refractivity (Wildman–Crippen MR) is 337 cm³/mol. The molecule has 0 atom stereocenters. The van der Waals surface area contributed by atoms with E-state index in [2.05, 4.69) is 42.5 Å². The third-order valence-electron chi connectivity index (χ3n) is 14.3. The second-order valence-corrected chi connectivity index (χ2v) is 47.4. The van der Waals surface area contributed by atoms with Crippen LogP contribution in [0.5, 0.6) is 0 Å². The average Bonchev–Trinajstić information content (AvgIpc) is 0.688. The van der Waals surface area contributed by atoms with Gasteiger partial charge in [0.05, 0.1) is 51.4 Å². The summed E-state index contributed by atoms with van der Waals surface area (Å²) < 4.78 is 88.4. The van der Waals surface area contributed by atoms with Gasteiger partial charge in [-0.1, -0.05) is 0 Å². The molecule has 0 radical (unpaired) electrons. The van der Waals surface area contributed by atoms with E-state index in [1.54, 1.807) is 0 Å². The Bertz CT molecular complexity index is 2410. The molecule has 6 heterocycles. The van der Waals surface area contributed by atoms with Crippen molar-refractivity contribution in [2.45, 2.75) is 151 Å². The summed E-state index contributed by atoms with van der Waals surface area (Å²) >= 11 is 0. The van der Waals surface area contributed by atoms with Gasteiger partial charge in [-0.05, 0) is 0 Å². The molecule has 0 aliphatic carbocycles. The summed E-state index contributed by atoms with van der Waals surface area (Å²) in [5.41, 5.74) is 0. The van der Waals surface area contributed by atoms with E-state index in [1.165, 1.54) is 0 Å². The molecule has 8 amide bonds. The molecule has 52 heteroatoms. The van der Waals surface area contributed by atoms with Crippen LogP contribution in [0.3, 0.4) is 0 Å². The molecule has 16 N–H and O–H groups in total. The Morgan fingerprint density at radius 1 is 0.170 bits per heavy atom. The van der Waals surface area contributed by atoms with Crippen molar-refractivity contribution in [1.29, 1.82) is 0 Å². The molecular formula is C48H80N8O36Si8. The number of carboxylic acids is 8. The lowest BCUT2D eigenvalue weighted by atomic mass is 10.3. The van der Waals surface area contributed by atoms with Crippen molar-refractivity contribution < 1.29 is 167 Å². The molecule has 0 spiro atoms. The fourth-order valence-corrected chi connectivity index (χ4v) is 58.9. The molecule has 6 aliphatic rings. The molecule has 0 saturated carbocycles. The number of hydrogen-bond acceptors (Lipinski definition) is 28. The molecule has 0 aromatic carbocycles. The van der Waals surface area contributed by atoms with Crippen LogP contribution in [0.1, 0.15) is 103 Å². The summed E-state index contributed by atoms with van der Waals surface area (Å²) in [5, 5.41) is 96.2. The van der Waals surface area contributed by atoms with Crippen molar-refractivity contribution in [2.75, 3.05) is 52.4 Å². The maximum absolute atomic E-state index is 13.5. The van der Waals surface area contributed by atoms with Crippen LogP contribution in [0.4, 0.5) is 0 Å².